The lowest BCUT2D eigenvalue weighted by molar-refractivity contribution is 0.0938. The first-order chi connectivity index (χ1) is 15.6. The number of carbonyl (C=O) groups is 1. The third-order valence-electron chi connectivity index (χ3n) is 5.90. The Balaban J connectivity index is 1.44. The zero-order valence-corrected chi connectivity index (χ0v) is 17.7. The van der Waals surface area contributed by atoms with Gasteiger partial charge in [-0.1, -0.05) is 36.2 Å². The molecule has 0 spiro atoms. The fourth-order valence-corrected chi connectivity index (χ4v) is 4.25. The van der Waals surface area contributed by atoms with Gasteiger partial charge in [-0.15, -0.1) is 0 Å². The Hall–Kier alpha value is -3.74. The molecule has 0 saturated heterocycles. The third-order valence-corrected chi connectivity index (χ3v) is 5.90. The van der Waals surface area contributed by atoms with E-state index < -0.39 is 0 Å². The maximum absolute atomic E-state index is 13.7. The van der Waals surface area contributed by atoms with E-state index in [1.54, 1.807) is 25.4 Å². The molecule has 7 heteroatoms. The second-order valence-corrected chi connectivity index (χ2v) is 8.14. The van der Waals surface area contributed by atoms with E-state index in [1.165, 1.54) is 25.0 Å². The molecule has 1 aliphatic rings. The number of rotatable bonds is 5. The van der Waals surface area contributed by atoms with Crippen LogP contribution in [0.2, 0.25) is 0 Å². The molecule has 2 aromatic carbocycles. The summed E-state index contributed by atoms with van der Waals surface area (Å²) in [5.41, 5.74) is 3.97. The lowest BCUT2D eigenvalue weighted by Crippen LogP contribution is -2.32. The fourth-order valence-electron chi connectivity index (χ4n) is 4.25. The zero-order valence-electron chi connectivity index (χ0n) is 17.7. The molecular weight excluding hydrogens is 407 g/mol. The molecule has 6 nitrogen and oxygen atoms in total. The van der Waals surface area contributed by atoms with Gasteiger partial charge in [0, 0.05) is 29.1 Å². The standard InChI is InChI=1S/C25H23FN4O2/c1-16-23(24(29-32-16)17-6-4-8-19(26)12-17)22-14-30(15-27-22)21-11-5-7-18(13-21)25(31)28-20-9-2-3-10-20/h4-8,11-15,20H,2-3,9-10H2,1H3,(H,28,31). The van der Waals surface area contributed by atoms with Crippen LogP contribution >= 0.6 is 0 Å². The second-order valence-electron chi connectivity index (χ2n) is 8.14. The third kappa shape index (κ3) is 3.93. The van der Waals surface area contributed by atoms with E-state index >= 15 is 0 Å². The molecule has 1 N–H and O–H groups in total. The number of nitrogens with zero attached hydrogens (tertiary/aromatic N) is 3. The molecule has 2 aromatic heterocycles. The highest BCUT2D eigenvalue weighted by Gasteiger charge is 2.20. The molecule has 1 aliphatic carbocycles. The van der Waals surface area contributed by atoms with Crippen molar-refractivity contribution in [1.82, 2.24) is 20.0 Å². The number of hydrogen-bond donors (Lipinski definition) is 1. The minimum atomic E-state index is -0.340. The Morgan fingerprint density at radius 3 is 2.78 bits per heavy atom. The SMILES string of the molecule is Cc1onc(-c2cccc(F)c2)c1-c1cn(-c2cccc(C(=O)NC3CCCC3)c2)cn1. The lowest BCUT2D eigenvalue weighted by Gasteiger charge is -2.12. The molecule has 0 unspecified atom stereocenters. The number of halogens is 1. The average molecular weight is 430 g/mol. The summed E-state index contributed by atoms with van der Waals surface area (Å²) < 4.78 is 21.0. The first-order valence-corrected chi connectivity index (χ1v) is 10.8. The predicted octanol–water partition coefficient (Wildman–Crippen LogP) is 5.31. The summed E-state index contributed by atoms with van der Waals surface area (Å²) in [7, 11) is 0. The van der Waals surface area contributed by atoms with Crippen molar-refractivity contribution < 1.29 is 13.7 Å². The summed E-state index contributed by atoms with van der Waals surface area (Å²) in [6.07, 6.45) is 7.97. The maximum Gasteiger partial charge on any atom is 0.251 e. The smallest absolute Gasteiger partial charge is 0.251 e. The van der Waals surface area contributed by atoms with Gasteiger partial charge in [-0.2, -0.15) is 0 Å². The number of benzene rings is 2. The fraction of sp³-hybridized carbons (Fsp3) is 0.240. The van der Waals surface area contributed by atoms with Gasteiger partial charge in [-0.25, -0.2) is 9.37 Å². The normalized spacial score (nSPS) is 14.1. The number of aryl methyl sites for hydroxylation is 1. The van der Waals surface area contributed by atoms with Crippen LogP contribution in [0.1, 0.15) is 41.8 Å². The largest absolute Gasteiger partial charge is 0.360 e. The summed E-state index contributed by atoms with van der Waals surface area (Å²) in [4.78, 5) is 17.2. The molecule has 1 amide bonds. The van der Waals surface area contributed by atoms with Crippen LogP contribution in [0.25, 0.3) is 28.2 Å². The molecule has 32 heavy (non-hydrogen) atoms. The van der Waals surface area contributed by atoms with Crippen LogP contribution in [0, 0.1) is 12.7 Å². The van der Waals surface area contributed by atoms with E-state index in [2.05, 4.69) is 15.5 Å². The number of hydrogen-bond acceptors (Lipinski definition) is 4. The molecular formula is C25H23FN4O2. The zero-order chi connectivity index (χ0) is 22.1. The van der Waals surface area contributed by atoms with E-state index in [0.29, 0.717) is 33.8 Å². The van der Waals surface area contributed by atoms with Crippen LogP contribution in [-0.2, 0) is 0 Å². The topological polar surface area (TPSA) is 73.0 Å². The van der Waals surface area contributed by atoms with Gasteiger partial charge >= 0.3 is 0 Å². The van der Waals surface area contributed by atoms with Gasteiger partial charge < -0.3 is 14.4 Å². The van der Waals surface area contributed by atoms with Crippen molar-refractivity contribution in [3.8, 4) is 28.2 Å². The Kier molecular flexibility index (Phi) is 5.31. The maximum atomic E-state index is 13.7. The first-order valence-electron chi connectivity index (χ1n) is 10.8. The molecule has 1 saturated carbocycles. The van der Waals surface area contributed by atoms with Gasteiger partial charge in [-0.3, -0.25) is 4.79 Å². The van der Waals surface area contributed by atoms with Crippen molar-refractivity contribution in [2.24, 2.45) is 0 Å². The Morgan fingerprint density at radius 1 is 1.16 bits per heavy atom. The summed E-state index contributed by atoms with van der Waals surface area (Å²) in [5, 5.41) is 7.25. The van der Waals surface area contributed by atoms with Crippen molar-refractivity contribution in [2.45, 2.75) is 38.6 Å². The van der Waals surface area contributed by atoms with E-state index in [4.69, 9.17) is 4.52 Å². The van der Waals surface area contributed by atoms with Crippen LogP contribution in [0.4, 0.5) is 4.39 Å². The monoisotopic (exact) mass is 430 g/mol. The second kappa shape index (κ2) is 8.42. The highest BCUT2D eigenvalue weighted by molar-refractivity contribution is 5.95. The van der Waals surface area contributed by atoms with Crippen LogP contribution in [0.3, 0.4) is 0 Å². The van der Waals surface area contributed by atoms with Gasteiger partial charge in [-0.05, 0) is 50.1 Å². The molecule has 0 bridgehead atoms. The molecule has 5 rings (SSSR count). The number of nitrogens with one attached hydrogen (secondary N) is 1. The Labute approximate surface area is 185 Å². The highest BCUT2D eigenvalue weighted by Crippen LogP contribution is 2.34. The number of aromatic nitrogens is 3. The first kappa shape index (κ1) is 20.2. The van der Waals surface area contributed by atoms with E-state index in [9.17, 15) is 9.18 Å². The molecule has 2 heterocycles. The van der Waals surface area contributed by atoms with Gasteiger partial charge in [0.25, 0.3) is 5.91 Å². The highest BCUT2D eigenvalue weighted by atomic mass is 19.1. The number of amides is 1. The summed E-state index contributed by atoms with van der Waals surface area (Å²) in [5.74, 6) is 0.203. The van der Waals surface area contributed by atoms with Crippen LogP contribution < -0.4 is 5.32 Å². The van der Waals surface area contributed by atoms with Crippen molar-refractivity contribution in [2.75, 3.05) is 0 Å². The van der Waals surface area contributed by atoms with Gasteiger partial charge in [0.1, 0.15) is 17.3 Å². The molecule has 0 radical (unpaired) electrons. The Morgan fingerprint density at radius 2 is 1.97 bits per heavy atom. The summed E-state index contributed by atoms with van der Waals surface area (Å²) in [6.45, 7) is 1.80. The molecule has 0 atom stereocenters. The van der Waals surface area contributed by atoms with E-state index in [-0.39, 0.29) is 17.8 Å². The summed E-state index contributed by atoms with van der Waals surface area (Å²) in [6, 6.07) is 14.0. The minimum Gasteiger partial charge on any atom is -0.360 e. The molecule has 0 aliphatic heterocycles. The number of carbonyl (C=O) groups excluding carboxylic acids is 1. The number of imidazole rings is 1. The van der Waals surface area contributed by atoms with E-state index in [0.717, 1.165) is 18.5 Å². The Bertz CT molecular complexity index is 1270. The van der Waals surface area contributed by atoms with Crippen molar-refractivity contribution in [3.63, 3.8) is 0 Å². The van der Waals surface area contributed by atoms with Crippen LogP contribution in [-0.4, -0.2) is 26.7 Å². The molecule has 1 fully saturated rings. The van der Waals surface area contributed by atoms with Gasteiger partial charge in [0.15, 0.2) is 0 Å². The predicted molar refractivity (Wildman–Crippen MR) is 119 cm³/mol. The lowest BCUT2D eigenvalue weighted by atomic mass is 10.0. The van der Waals surface area contributed by atoms with Gasteiger partial charge in [0.2, 0.25) is 0 Å². The van der Waals surface area contributed by atoms with Crippen molar-refractivity contribution >= 4 is 5.91 Å². The summed E-state index contributed by atoms with van der Waals surface area (Å²) >= 11 is 0. The van der Waals surface area contributed by atoms with Crippen LogP contribution in [0.5, 0.6) is 0 Å². The van der Waals surface area contributed by atoms with Crippen LogP contribution in [0.15, 0.2) is 65.6 Å². The van der Waals surface area contributed by atoms with Crippen molar-refractivity contribution in [1.29, 1.82) is 0 Å². The minimum absolute atomic E-state index is 0.0534. The van der Waals surface area contributed by atoms with Gasteiger partial charge in [0.05, 0.1) is 17.6 Å². The average Bonchev–Trinajstić information content (AvgIpc) is 3.55. The van der Waals surface area contributed by atoms with E-state index in [1.807, 2.05) is 35.0 Å². The van der Waals surface area contributed by atoms with Crippen molar-refractivity contribution in [3.05, 3.63) is 78.2 Å². The quantitative estimate of drug-likeness (QED) is 0.465. The molecule has 4 aromatic rings. The molecule has 162 valence electrons.